The Kier molecular flexibility index (Phi) is 12.7. The van der Waals surface area contributed by atoms with Gasteiger partial charge in [-0.3, -0.25) is 0 Å². The molecule has 0 aliphatic carbocycles. The van der Waals surface area contributed by atoms with Crippen LogP contribution in [0, 0.1) is 0 Å². The van der Waals surface area contributed by atoms with Crippen LogP contribution in [0.5, 0.6) is 0 Å². The Balaban J connectivity index is 3.20. The molecule has 0 aromatic rings. The zero-order valence-corrected chi connectivity index (χ0v) is 26.0. The Hall–Kier alpha value is -3.34. The van der Waals surface area contributed by atoms with Crippen LogP contribution in [-0.4, -0.2) is 86.0 Å². The van der Waals surface area contributed by atoms with E-state index >= 15 is 0 Å². The molecule has 1 aliphatic rings. The first-order valence-corrected chi connectivity index (χ1v) is 16.6. The average Bonchev–Trinajstić information content (AvgIpc) is 2.77. The second-order valence-electron chi connectivity index (χ2n) is 10.4. The Bertz CT molecular complexity index is 1080. The molecule has 0 bridgehead atoms. The summed E-state index contributed by atoms with van der Waals surface area (Å²) in [5, 5.41) is 9.50. The van der Waals surface area contributed by atoms with Gasteiger partial charge in [-0.2, -0.15) is 0 Å². The van der Waals surface area contributed by atoms with Crippen LogP contribution in [0.15, 0.2) is 45.8 Å². The van der Waals surface area contributed by atoms with Gasteiger partial charge in [0, 0.05) is 37.1 Å². The van der Waals surface area contributed by atoms with Gasteiger partial charge in [0.2, 0.25) is 8.32 Å². The smallest absolute Gasteiger partial charge is 0.345 e. The molecule has 1 atom stereocenters. The zero-order valence-electron chi connectivity index (χ0n) is 25.0. The number of piperazine rings is 1. The molecule has 1 heterocycles. The number of aliphatic carboxylic acids is 1. The van der Waals surface area contributed by atoms with Crippen molar-refractivity contribution >= 4 is 32.2 Å². The first kappa shape index (κ1) is 33.7. The van der Waals surface area contributed by atoms with E-state index in [9.17, 15) is 24.3 Å². The van der Waals surface area contributed by atoms with Crippen LogP contribution < -0.4 is 0 Å². The Morgan fingerprint density at radius 3 is 1.77 bits per heavy atom. The highest BCUT2D eigenvalue weighted by Crippen LogP contribution is 2.23. The van der Waals surface area contributed by atoms with E-state index in [4.69, 9.17) is 13.9 Å². The number of esters is 2. The monoisotopic (exact) mass is 564 g/mol. The fraction of sp³-hybridized carbons (Fsp3) is 0.571. The van der Waals surface area contributed by atoms with Crippen molar-refractivity contribution in [3.05, 3.63) is 45.8 Å². The molecule has 0 aromatic carbocycles. The highest BCUT2D eigenvalue weighted by atomic mass is 28.4. The molecule has 11 heteroatoms. The van der Waals surface area contributed by atoms with E-state index in [2.05, 4.69) is 16.7 Å². The molecule has 10 nitrogen and oxygen atoms in total. The maximum Gasteiger partial charge on any atom is 0.345 e. The number of carboxylic acids is 1. The highest BCUT2D eigenvalue weighted by molar-refractivity contribution is 6.71. The van der Waals surface area contributed by atoms with E-state index in [1.807, 2.05) is 33.5 Å². The molecule has 1 saturated heterocycles. The quantitative estimate of drug-likeness (QED) is 0.0983. The lowest BCUT2D eigenvalue weighted by Crippen LogP contribution is -2.50. The summed E-state index contributed by atoms with van der Waals surface area (Å²) in [7, 11) is -2.23. The molecule has 218 valence electrons. The van der Waals surface area contributed by atoms with Gasteiger partial charge in [-0.25, -0.2) is 19.2 Å². The zero-order chi connectivity index (χ0) is 30.1. The number of ether oxygens (including phenoxy) is 2. The van der Waals surface area contributed by atoms with Crippen molar-refractivity contribution in [2.75, 3.05) is 32.8 Å². The molecule has 0 saturated carbocycles. The minimum absolute atomic E-state index is 0.0627. The van der Waals surface area contributed by atoms with E-state index in [0.29, 0.717) is 30.8 Å². The van der Waals surface area contributed by atoms with Gasteiger partial charge >= 0.3 is 23.9 Å². The summed E-state index contributed by atoms with van der Waals surface area (Å²) in [5.74, 6) is -3.55. The lowest BCUT2D eigenvalue weighted by atomic mass is 10.1. The average molecular weight is 565 g/mol. The summed E-state index contributed by atoms with van der Waals surface area (Å²) < 4.78 is 15.6. The van der Waals surface area contributed by atoms with Crippen LogP contribution in [0.2, 0.25) is 19.6 Å². The first-order valence-electron chi connectivity index (χ1n) is 13.1. The number of carbonyl (C=O) groups excluding carboxylic acids is 3. The topological polar surface area (TPSA) is 123 Å². The fourth-order valence-electron chi connectivity index (χ4n) is 4.31. The number of allylic oxidation sites excluding steroid dienone is 6. The van der Waals surface area contributed by atoms with Crippen LogP contribution >= 0.6 is 0 Å². The van der Waals surface area contributed by atoms with E-state index in [0.717, 1.165) is 11.4 Å². The number of hydrogen-bond acceptors (Lipinski definition) is 9. The molecule has 0 radical (unpaired) electrons. The SMILES string of the molecule is CCOC(=O)/C(C(=O)O)=C(C)\C=C(/C)N1CCN(/C(C)=C/C(C)=C(/C(=O)OCC)C(=O)O[Si](C)(C)C)CC1C. The molecule has 1 N–H and O–H groups in total. The molecule has 0 spiro atoms. The van der Waals surface area contributed by atoms with Crippen LogP contribution in [0.25, 0.3) is 0 Å². The van der Waals surface area contributed by atoms with Gasteiger partial charge in [0.15, 0.2) is 0 Å². The number of rotatable bonds is 11. The molecule has 39 heavy (non-hydrogen) atoms. The van der Waals surface area contributed by atoms with E-state index in [1.165, 1.54) is 0 Å². The largest absolute Gasteiger partial charge is 0.516 e. The van der Waals surface area contributed by atoms with Crippen LogP contribution in [0.1, 0.15) is 48.5 Å². The van der Waals surface area contributed by atoms with Gasteiger partial charge in [0.25, 0.3) is 0 Å². The van der Waals surface area contributed by atoms with Crippen molar-refractivity contribution in [1.29, 1.82) is 0 Å². The normalized spacial score (nSPS) is 18.2. The minimum atomic E-state index is -2.23. The maximum absolute atomic E-state index is 12.8. The fourth-order valence-corrected chi connectivity index (χ4v) is 4.96. The Labute approximate surface area is 233 Å². The summed E-state index contributed by atoms with van der Waals surface area (Å²) in [6, 6.07) is 0.0627. The number of carboxylic acid groups (broad SMARTS) is 1. The molecule has 1 unspecified atom stereocenters. The van der Waals surface area contributed by atoms with Crippen LogP contribution in [0.3, 0.4) is 0 Å². The lowest BCUT2D eigenvalue weighted by molar-refractivity contribution is -0.145. The number of hydrogen-bond donors (Lipinski definition) is 1. The Morgan fingerprint density at radius 2 is 1.31 bits per heavy atom. The summed E-state index contributed by atoms with van der Waals surface area (Å²) in [4.78, 5) is 53.5. The van der Waals surface area contributed by atoms with Crippen molar-refractivity contribution in [1.82, 2.24) is 9.80 Å². The third-order valence-electron chi connectivity index (χ3n) is 5.99. The van der Waals surface area contributed by atoms with Crippen molar-refractivity contribution in [3.8, 4) is 0 Å². The Morgan fingerprint density at radius 1 is 0.821 bits per heavy atom. The van der Waals surface area contributed by atoms with Crippen molar-refractivity contribution in [3.63, 3.8) is 0 Å². The van der Waals surface area contributed by atoms with E-state index in [1.54, 1.807) is 39.8 Å². The lowest BCUT2D eigenvalue weighted by Gasteiger charge is -2.43. The maximum atomic E-state index is 12.8. The molecular weight excluding hydrogens is 520 g/mol. The second kappa shape index (κ2) is 14.7. The predicted molar refractivity (Wildman–Crippen MR) is 151 cm³/mol. The molecule has 1 rings (SSSR count). The van der Waals surface area contributed by atoms with Gasteiger partial charge in [-0.15, -0.1) is 0 Å². The number of carbonyl (C=O) groups is 4. The summed E-state index contributed by atoms with van der Waals surface area (Å²) in [6.07, 6.45) is 3.49. The van der Waals surface area contributed by atoms with Crippen molar-refractivity contribution in [2.45, 2.75) is 74.1 Å². The van der Waals surface area contributed by atoms with E-state index in [-0.39, 0.29) is 30.4 Å². The first-order chi connectivity index (χ1) is 18.0. The molecule has 1 aliphatic heterocycles. The highest BCUT2D eigenvalue weighted by Gasteiger charge is 2.30. The molecule has 0 amide bonds. The van der Waals surface area contributed by atoms with Gasteiger partial charge in [-0.1, -0.05) is 0 Å². The van der Waals surface area contributed by atoms with Gasteiger partial charge < -0.3 is 28.8 Å². The summed E-state index contributed by atoms with van der Waals surface area (Å²) in [5.41, 5.74) is 2.03. The van der Waals surface area contributed by atoms with Crippen molar-refractivity contribution in [2.24, 2.45) is 0 Å². The van der Waals surface area contributed by atoms with Crippen LogP contribution in [-0.2, 0) is 33.1 Å². The summed E-state index contributed by atoms with van der Waals surface area (Å²) >= 11 is 0. The van der Waals surface area contributed by atoms with Gasteiger partial charge in [0.1, 0.15) is 11.1 Å². The third-order valence-corrected chi connectivity index (χ3v) is 6.79. The molecular formula is C28H44N2O8Si. The van der Waals surface area contributed by atoms with Gasteiger partial charge in [0.05, 0.1) is 13.2 Å². The standard InChI is InChI=1S/C28H44N2O8Si/c1-11-36-26(33)23(25(31)32)18(3)16-21(6)30-14-13-29(17-22(30)7)20(5)15-19(4)24(27(34)37-12-2)28(35)38-39(8,9)10/h15-16,22H,11-14,17H2,1-10H3,(H,31,32)/b20-15+,21-16+,23-18-,24-19-. The molecule has 1 fully saturated rings. The van der Waals surface area contributed by atoms with E-state index < -0.39 is 32.2 Å². The van der Waals surface area contributed by atoms with Crippen LogP contribution in [0.4, 0.5) is 0 Å². The predicted octanol–water partition coefficient (Wildman–Crippen LogP) is 4.02. The summed E-state index contributed by atoms with van der Waals surface area (Å²) in [6.45, 7) is 20.3. The minimum Gasteiger partial charge on any atom is -0.516 e. The molecule has 0 aromatic heterocycles. The second-order valence-corrected chi connectivity index (χ2v) is 14.9. The third kappa shape index (κ3) is 10.0. The van der Waals surface area contributed by atoms with Gasteiger partial charge in [-0.05, 0) is 91.4 Å². The number of nitrogens with zero attached hydrogens (tertiary/aromatic N) is 2. The van der Waals surface area contributed by atoms with Crippen molar-refractivity contribution < 1.29 is 38.2 Å².